The van der Waals surface area contributed by atoms with E-state index in [4.69, 9.17) is 23.2 Å². The van der Waals surface area contributed by atoms with Crippen molar-refractivity contribution in [2.24, 2.45) is 5.92 Å². The first-order chi connectivity index (χ1) is 13.3. The van der Waals surface area contributed by atoms with E-state index < -0.39 is 10.0 Å². The number of halogens is 2. The van der Waals surface area contributed by atoms with Gasteiger partial charge in [0, 0.05) is 23.1 Å². The molecule has 28 heavy (non-hydrogen) atoms. The number of piperidine rings is 1. The van der Waals surface area contributed by atoms with E-state index in [0.717, 1.165) is 5.56 Å². The summed E-state index contributed by atoms with van der Waals surface area (Å²) in [6.07, 6.45) is 1.30. The van der Waals surface area contributed by atoms with Crippen molar-refractivity contribution >= 4 is 39.1 Å². The Morgan fingerprint density at radius 3 is 2.25 bits per heavy atom. The Hall–Kier alpha value is -1.60. The Bertz CT molecular complexity index is 931. The average Bonchev–Trinajstić information content (AvgIpc) is 2.69. The standard InChI is InChI=1S/C20H22Cl2N2O3S/c1-14(15-4-6-17(21)7-5-15)23-20(25)16-3-2-12-24(13-16)28(26,27)19-10-8-18(22)9-11-19/h4-11,14,16H,2-3,12-13H2,1H3,(H,23,25). The molecular weight excluding hydrogens is 419 g/mol. The Kier molecular flexibility index (Phi) is 6.65. The molecule has 0 bridgehead atoms. The van der Waals surface area contributed by atoms with E-state index in [-0.39, 0.29) is 29.3 Å². The number of hydrogen-bond acceptors (Lipinski definition) is 3. The van der Waals surface area contributed by atoms with Gasteiger partial charge in [-0.05, 0) is 61.7 Å². The third-order valence-corrected chi connectivity index (χ3v) is 7.32. The van der Waals surface area contributed by atoms with Crippen LogP contribution in [0.2, 0.25) is 10.0 Å². The molecule has 2 aromatic rings. The maximum atomic E-state index is 12.9. The Morgan fingerprint density at radius 1 is 1.07 bits per heavy atom. The van der Waals surface area contributed by atoms with Crippen molar-refractivity contribution in [2.75, 3.05) is 13.1 Å². The molecule has 150 valence electrons. The van der Waals surface area contributed by atoms with Crippen LogP contribution in [-0.4, -0.2) is 31.7 Å². The van der Waals surface area contributed by atoms with Gasteiger partial charge in [-0.1, -0.05) is 35.3 Å². The summed E-state index contributed by atoms with van der Waals surface area (Å²) in [6.45, 7) is 2.47. The number of carbonyl (C=O) groups excluding carboxylic acids is 1. The number of nitrogens with one attached hydrogen (secondary N) is 1. The van der Waals surface area contributed by atoms with E-state index >= 15 is 0 Å². The molecule has 0 radical (unpaired) electrons. The van der Waals surface area contributed by atoms with Crippen LogP contribution < -0.4 is 5.32 Å². The maximum Gasteiger partial charge on any atom is 0.243 e. The summed E-state index contributed by atoms with van der Waals surface area (Å²) < 4.78 is 27.1. The molecule has 0 saturated carbocycles. The molecule has 1 aliphatic heterocycles. The van der Waals surface area contributed by atoms with Gasteiger partial charge in [-0.25, -0.2) is 8.42 Å². The summed E-state index contributed by atoms with van der Waals surface area (Å²) in [6, 6.07) is 13.2. The van der Waals surface area contributed by atoms with Crippen LogP contribution in [0.5, 0.6) is 0 Å². The average molecular weight is 441 g/mol. The second-order valence-corrected chi connectivity index (χ2v) is 9.75. The van der Waals surface area contributed by atoms with Crippen LogP contribution in [0.15, 0.2) is 53.4 Å². The largest absolute Gasteiger partial charge is 0.349 e. The summed E-state index contributed by atoms with van der Waals surface area (Å²) in [7, 11) is -3.65. The smallest absolute Gasteiger partial charge is 0.243 e. The zero-order valence-corrected chi connectivity index (χ0v) is 17.8. The van der Waals surface area contributed by atoms with Crippen LogP contribution in [-0.2, 0) is 14.8 Å². The molecule has 1 N–H and O–H groups in total. The lowest BCUT2D eigenvalue weighted by Crippen LogP contribution is -2.45. The predicted octanol–water partition coefficient (Wildman–Crippen LogP) is 4.27. The zero-order chi connectivity index (χ0) is 20.3. The minimum Gasteiger partial charge on any atom is -0.349 e. The minimum atomic E-state index is -3.65. The maximum absolute atomic E-state index is 12.9. The molecule has 3 rings (SSSR count). The highest BCUT2D eigenvalue weighted by Gasteiger charge is 2.33. The van der Waals surface area contributed by atoms with Crippen molar-refractivity contribution in [1.82, 2.24) is 9.62 Å². The lowest BCUT2D eigenvalue weighted by molar-refractivity contribution is -0.126. The number of carbonyl (C=O) groups is 1. The number of hydrogen-bond donors (Lipinski definition) is 1. The molecule has 2 aromatic carbocycles. The summed E-state index contributed by atoms with van der Waals surface area (Å²) in [4.78, 5) is 12.9. The van der Waals surface area contributed by atoms with E-state index in [9.17, 15) is 13.2 Å². The predicted molar refractivity (Wildman–Crippen MR) is 111 cm³/mol. The quantitative estimate of drug-likeness (QED) is 0.754. The van der Waals surface area contributed by atoms with Gasteiger partial charge in [0.25, 0.3) is 0 Å². The Morgan fingerprint density at radius 2 is 1.64 bits per heavy atom. The van der Waals surface area contributed by atoms with Gasteiger partial charge in [0.2, 0.25) is 15.9 Å². The van der Waals surface area contributed by atoms with Gasteiger partial charge in [-0.15, -0.1) is 0 Å². The van der Waals surface area contributed by atoms with Gasteiger partial charge in [-0.3, -0.25) is 4.79 Å². The van der Waals surface area contributed by atoms with Gasteiger partial charge >= 0.3 is 0 Å². The Balaban J connectivity index is 1.67. The highest BCUT2D eigenvalue weighted by atomic mass is 35.5. The molecule has 2 unspecified atom stereocenters. The number of nitrogens with zero attached hydrogens (tertiary/aromatic N) is 1. The fourth-order valence-electron chi connectivity index (χ4n) is 3.30. The molecule has 0 aliphatic carbocycles. The molecule has 2 atom stereocenters. The van der Waals surface area contributed by atoms with E-state index in [0.29, 0.717) is 29.4 Å². The van der Waals surface area contributed by atoms with Crippen molar-refractivity contribution < 1.29 is 13.2 Å². The van der Waals surface area contributed by atoms with Crippen molar-refractivity contribution in [3.8, 4) is 0 Å². The SMILES string of the molecule is CC(NC(=O)C1CCCN(S(=O)(=O)c2ccc(Cl)cc2)C1)c1ccc(Cl)cc1. The van der Waals surface area contributed by atoms with Crippen LogP contribution in [0.25, 0.3) is 0 Å². The van der Waals surface area contributed by atoms with Gasteiger partial charge in [0.1, 0.15) is 0 Å². The molecule has 0 spiro atoms. The zero-order valence-electron chi connectivity index (χ0n) is 15.4. The molecule has 1 amide bonds. The number of amides is 1. The van der Waals surface area contributed by atoms with Gasteiger partial charge in [0.15, 0.2) is 0 Å². The monoisotopic (exact) mass is 440 g/mol. The summed E-state index contributed by atoms with van der Waals surface area (Å²) in [5, 5.41) is 4.10. The van der Waals surface area contributed by atoms with E-state index in [1.54, 1.807) is 24.3 Å². The van der Waals surface area contributed by atoms with Crippen molar-refractivity contribution in [3.05, 3.63) is 64.1 Å². The van der Waals surface area contributed by atoms with Crippen molar-refractivity contribution in [2.45, 2.75) is 30.7 Å². The molecule has 1 saturated heterocycles. The van der Waals surface area contributed by atoms with Gasteiger partial charge < -0.3 is 5.32 Å². The van der Waals surface area contributed by atoms with Crippen LogP contribution >= 0.6 is 23.2 Å². The second-order valence-electron chi connectivity index (χ2n) is 6.94. The van der Waals surface area contributed by atoms with E-state index in [1.807, 2.05) is 19.1 Å². The number of rotatable bonds is 5. The first-order valence-electron chi connectivity index (χ1n) is 9.09. The number of sulfonamides is 1. The van der Waals surface area contributed by atoms with Crippen LogP contribution in [0.3, 0.4) is 0 Å². The first kappa shape index (κ1) is 21.1. The third kappa shape index (κ3) is 4.87. The summed E-state index contributed by atoms with van der Waals surface area (Å²) >= 11 is 11.8. The van der Waals surface area contributed by atoms with E-state index in [2.05, 4.69) is 5.32 Å². The second kappa shape index (κ2) is 8.82. The normalized spacial score (nSPS) is 19.2. The van der Waals surface area contributed by atoms with E-state index in [1.165, 1.54) is 16.4 Å². The topological polar surface area (TPSA) is 66.5 Å². The molecule has 8 heteroatoms. The van der Waals surface area contributed by atoms with Crippen LogP contribution in [0.1, 0.15) is 31.4 Å². The summed E-state index contributed by atoms with van der Waals surface area (Å²) in [5.41, 5.74) is 0.944. The highest BCUT2D eigenvalue weighted by molar-refractivity contribution is 7.89. The third-order valence-electron chi connectivity index (χ3n) is 4.94. The van der Waals surface area contributed by atoms with Crippen LogP contribution in [0, 0.1) is 5.92 Å². The molecular formula is C20H22Cl2N2O3S. The van der Waals surface area contributed by atoms with Gasteiger partial charge in [0.05, 0.1) is 16.9 Å². The first-order valence-corrected chi connectivity index (χ1v) is 11.3. The molecule has 5 nitrogen and oxygen atoms in total. The molecule has 1 heterocycles. The summed E-state index contributed by atoms with van der Waals surface area (Å²) in [5.74, 6) is -0.524. The number of benzene rings is 2. The lowest BCUT2D eigenvalue weighted by atomic mass is 9.98. The highest BCUT2D eigenvalue weighted by Crippen LogP contribution is 2.25. The minimum absolute atomic E-state index is 0.140. The van der Waals surface area contributed by atoms with Gasteiger partial charge in [-0.2, -0.15) is 4.31 Å². The van der Waals surface area contributed by atoms with Crippen molar-refractivity contribution in [3.63, 3.8) is 0 Å². The fraction of sp³-hybridized carbons (Fsp3) is 0.350. The van der Waals surface area contributed by atoms with Crippen LogP contribution in [0.4, 0.5) is 0 Å². The molecule has 0 aromatic heterocycles. The molecule has 1 fully saturated rings. The Labute approximate surface area is 175 Å². The fourth-order valence-corrected chi connectivity index (χ4v) is 5.07. The lowest BCUT2D eigenvalue weighted by Gasteiger charge is -2.32. The molecule has 1 aliphatic rings. The van der Waals surface area contributed by atoms with Crippen molar-refractivity contribution in [1.29, 1.82) is 0 Å².